The van der Waals surface area contributed by atoms with Crippen LogP contribution in [0, 0.1) is 0 Å². The molecule has 5 heteroatoms. The molecule has 0 aromatic heterocycles. The SMILES string of the molecule is FC(F)(F)c1cccc(CO[C@H]2CCCN[C@H]2c2ccccc2)c1. The van der Waals surface area contributed by atoms with Gasteiger partial charge in [0, 0.05) is 0 Å². The highest BCUT2D eigenvalue weighted by Gasteiger charge is 2.31. The summed E-state index contributed by atoms with van der Waals surface area (Å²) in [4.78, 5) is 0. The molecule has 2 aromatic carbocycles. The van der Waals surface area contributed by atoms with E-state index in [1.54, 1.807) is 6.07 Å². The Labute approximate surface area is 139 Å². The zero-order valence-corrected chi connectivity index (χ0v) is 13.2. The van der Waals surface area contributed by atoms with Gasteiger partial charge in [0.1, 0.15) is 0 Å². The molecule has 1 N–H and O–H groups in total. The van der Waals surface area contributed by atoms with Crippen molar-refractivity contribution in [2.75, 3.05) is 6.54 Å². The summed E-state index contributed by atoms with van der Waals surface area (Å²) in [6.07, 6.45) is -2.48. The number of hydrogen-bond donors (Lipinski definition) is 1. The third-order valence-corrected chi connectivity index (χ3v) is 4.28. The second-order valence-corrected chi connectivity index (χ2v) is 6.03. The molecule has 0 saturated carbocycles. The van der Waals surface area contributed by atoms with E-state index in [4.69, 9.17) is 4.74 Å². The van der Waals surface area contributed by atoms with Crippen LogP contribution in [0.5, 0.6) is 0 Å². The molecule has 1 aliphatic rings. The third-order valence-electron chi connectivity index (χ3n) is 4.28. The molecule has 2 aromatic rings. The van der Waals surface area contributed by atoms with Gasteiger partial charge in [0.15, 0.2) is 0 Å². The van der Waals surface area contributed by atoms with E-state index in [1.165, 1.54) is 6.07 Å². The Morgan fingerprint density at radius 3 is 2.58 bits per heavy atom. The minimum Gasteiger partial charge on any atom is -0.372 e. The molecule has 2 nitrogen and oxygen atoms in total. The van der Waals surface area contributed by atoms with Crippen LogP contribution in [0.2, 0.25) is 0 Å². The van der Waals surface area contributed by atoms with Crippen LogP contribution in [0.25, 0.3) is 0 Å². The monoisotopic (exact) mass is 335 g/mol. The average Bonchev–Trinajstić information content (AvgIpc) is 2.60. The number of nitrogens with one attached hydrogen (secondary N) is 1. The smallest absolute Gasteiger partial charge is 0.372 e. The van der Waals surface area contributed by atoms with Gasteiger partial charge in [0.25, 0.3) is 0 Å². The maximum Gasteiger partial charge on any atom is 0.416 e. The van der Waals surface area contributed by atoms with E-state index >= 15 is 0 Å². The molecule has 0 bridgehead atoms. The van der Waals surface area contributed by atoms with Gasteiger partial charge in [-0.2, -0.15) is 13.2 Å². The van der Waals surface area contributed by atoms with Gasteiger partial charge in [-0.25, -0.2) is 0 Å². The summed E-state index contributed by atoms with van der Waals surface area (Å²) in [7, 11) is 0. The highest BCUT2D eigenvalue weighted by atomic mass is 19.4. The Balaban J connectivity index is 1.68. The number of alkyl halides is 3. The first-order valence-electron chi connectivity index (χ1n) is 8.10. The maximum atomic E-state index is 12.8. The number of piperidine rings is 1. The standard InChI is InChI=1S/C19H20F3NO/c20-19(21,22)16-9-4-6-14(12-16)13-24-17-10-5-11-23-18(17)15-7-2-1-3-8-15/h1-4,6-9,12,17-18,23H,5,10-11,13H2/t17-,18-/m0/s1. The molecule has 0 radical (unpaired) electrons. The first-order valence-corrected chi connectivity index (χ1v) is 8.10. The van der Waals surface area contributed by atoms with Gasteiger partial charge >= 0.3 is 6.18 Å². The summed E-state index contributed by atoms with van der Waals surface area (Å²) in [6, 6.07) is 15.4. The number of halogens is 3. The summed E-state index contributed by atoms with van der Waals surface area (Å²) in [5, 5.41) is 3.45. The summed E-state index contributed by atoms with van der Waals surface area (Å²) < 4.78 is 44.4. The molecule has 128 valence electrons. The van der Waals surface area contributed by atoms with Gasteiger partial charge in [-0.3, -0.25) is 0 Å². The van der Waals surface area contributed by atoms with E-state index in [2.05, 4.69) is 5.32 Å². The number of rotatable bonds is 4. The van der Waals surface area contributed by atoms with Crippen molar-refractivity contribution >= 4 is 0 Å². The number of benzene rings is 2. The van der Waals surface area contributed by atoms with Crippen LogP contribution in [-0.2, 0) is 17.5 Å². The van der Waals surface area contributed by atoms with Crippen LogP contribution in [0.4, 0.5) is 13.2 Å². The molecule has 3 rings (SSSR count). The highest BCUT2D eigenvalue weighted by molar-refractivity contribution is 5.25. The van der Waals surface area contributed by atoms with Crippen molar-refractivity contribution in [3.63, 3.8) is 0 Å². The zero-order chi connectivity index (χ0) is 17.0. The third kappa shape index (κ3) is 4.16. The minimum atomic E-state index is -4.32. The van der Waals surface area contributed by atoms with Crippen molar-refractivity contribution in [1.29, 1.82) is 0 Å². The van der Waals surface area contributed by atoms with Gasteiger partial charge in [-0.15, -0.1) is 0 Å². The van der Waals surface area contributed by atoms with E-state index in [0.29, 0.717) is 5.56 Å². The topological polar surface area (TPSA) is 21.3 Å². The molecule has 1 fully saturated rings. The fourth-order valence-corrected chi connectivity index (χ4v) is 3.07. The van der Waals surface area contributed by atoms with Crippen molar-refractivity contribution in [3.05, 3.63) is 71.3 Å². The van der Waals surface area contributed by atoms with E-state index in [-0.39, 0.29) is 18.8 Å². The van der Waals surface area contributed by atoms with Crippen LogP contribution in [-0.4, -0.2) is 12.6 Å². The fraction of sp³-hybridized carbons (Fsp3) is 0.368. The molecule has 0 aliphatic carbocycles. The molecule has 1 aliphatic heterocycles. The van der Waals surface area contributed by atoms with Crippen LogP contribution < -0.4 is 5.32 Å². The second kappa shape index (κ2) is 7.36. The second-order valence-electron chi connectivity index (χ2n) is 6.03. The minimum absolute atomic E-state index is 0.0457. The lowest BCUT2D eigenvalue weighted by atomic mass is 9.94. The average molecular weight is 335 g/mol. The fourth-order valence-electron chi connectivity index (χ4n) is 3.07. The molecule has 2 atom stereocenters. The Morgan fingerprint density at radius 1 is 1.04 bits per heavy atom. The van der Waals surface area contributed by atoms with Crippen LogP contribution >= 0.6 is 0 Å². The first-order chi connectivity index (χ1) is 11.5. The highest BCUT2D eigenvalue weighted by Crippen LogP contribution is 2.30. The molecule has 1 saturated heterocycles. The van der Waals surface area contributed by atoms with Crippen LogP contribution in [0.1, 0.15) is 35.6 Å². The molecule has 0 amide bonds. The Hall–Kier alpha value is -1.85. The van der Waals surface area contributed by atoms with E-state index < -0.39 is 11.7 Å². The zero-order valence-electron chi connectivity index (χ0n) is 13.2. The summed E-state index contributed by atoms with van der Waals surface area (Å²) in [5.74, 6) is 0. The lowest BCUT2D eigenvalue weighted by Gasteiger charge is -2.33. The van der Waals surface area contributed by atoms with E-state index in [1.807, 2.05) is 30.3 Å². The quantitative estimate of drug-likeness (QED) is 0.873. The van der Waals surface area contributed by atoms with Crippen molar-refractivity contribution in [1.82, 2.24) is 5.32 Å². The van der Waals surface area contributed by atoms with Crippen molar-refractivity contribution in [3.8, 4) is 0 Å². The predicted octanol–water partition coefficient (Wildman–Crippen LogP) is 4.72. The molecular formula is C19H20F3NO. The van der Waals surface area contributed by atoms with Crippen molar-refractivity contribution < 1.29 is 17.9 Å². The number of ether oxygens (including phenoxy) is 1. The van der Waals surface area contributed by atoms with Crippen molar-refractivity contribution in [2.24, 2.45) is 0 Å². The predicted molar refractivity (Wildman–Crippen MR) is 86.4 cm³/mol. The molecule has 1 heterocycles. The molecule has 0 unspecified atom stereocenters. The largest absolute Gasteiger partial charge is 0.416 e. The molecule has 0 spiro atoms. The lowest BCUT2D eigenvalue weighted by Crippen LogP contribution is -2.39. The first kappa shape index (κ1) is 17.0. The molecule has 24 heavy (non-hydrogen) atoms. The van der Waals surface area contributed by atoms with E-state index in [0.717, 1.165) is 37.1 Å². The van der Waals surface area contributed by atoms with Gasteiger partial charge in [0.2, 0.25) is 0 Å². The van der Waals surface area contributed by atoms with Gasteiger partial charge in [-0.1, -0.05) is 42.5 Å². The normalized spacial score (nSPS) is 21.6. The molecular weight excluding hydrogens is 315 g/mol. The lowest BCUT2D eigenvalue weighted by molar-refractivity contribution is -0.137. The van der Waals surface area contributed by atoms with Gasteiger partial charge < -0.3 is 10.1 Å². The van der Waals surface area contributed by atoms with E-state index in [9.17, 15) is 13.2 Å². The summed E-state index contributed by atoms with van der Waals surface area (Å²) in [5.41, 5.74) is 1.05. The van der Waals surface area contributed by atoms with Crippen LogP contribution in [0.15, 0.2) is 54.6 Å². The van der Waals surface area contributed by atoms with Gasteiger partial charge in [0.05, 0.1) is 24.3 Å². The van der Waals surface area contributed by atoms with Crippen LogP contribution in [0.3, 0.4) is 0 Å². The number of hydrogen-bond acceptors (Lipinski definition) is 2. The Bertz CT molecular complexity index is 657. The van der Waals surface area contributed by atoms with Gasteiger partial charge in [-0.05, 0) is 42.6 Å². The summed E-state index contributed by atoms with van der Waals surface area (Å²) >= 11 is 0. The Morgan fingerprint density at radius 2 is 1.83 bits per heavy atom. The Kier molecular flexibility index (Phi) is 5.21. The summed E-state index contributed by atoms with van der Waals surface area (Å²) in [6.45, 7) is 1.10. The maximum absolute atomic E-state index is 12.8. The van der Waals surface area contributed by atoms with Crippen molar-refractivity contribution in [2.45, 2.75) is 37.8 Å².